The summed E-state index contributed by atoms with van der Waals surface area (Å²) in [6.07, 6.45) is -0.0499. The van der Waals surface area contributed by atoms with E-state index in [4.69, 9.17) is 9.47 Å². The molecule has 4 rings (SSSR count). The number of morpholine rings is 1. The number of rotatable bonds is 5. The molecule has 8 heteroatoms. The highest BCUT2D eigenvalue weighted by Crippen LogP contribution is 2.14. The van der Waals surface area contributed by atoms with E-state index in [0.29, 0.717) is 25.2 Å². The summed E-state index contributed by atoms with van der Waals surface area (Å²) >= 11 is 0. The maximum absolute atomic E-state index is 12.3. The fraction of sp³-hybridized carbons (Fsp3) is 0.364. The van der Waals surface area contributed by atoms with Crippen molar-refractivity contribution in [3.05, 3.63) is 59.7 Å². The molecule has 30 heavy (non-hydrogen) atoms. The normalized spacial score (nSPS) is 19.1. The molecular weight excluding hydrogens is 384 g/mol. The molecule has 1 amide bonds. The third kappa shape index (κ3) is 4.49. The van der Waals surface area contributed by atoms with E-state index in [0.717, 1.165) is 16.6 Å². The molecule has 1 aromatic heterocycles. The standard InChI is InChI=1S/C22H24N4O4/c1-15-11-25(12-16(2)30-15)21(27)14-29-22(28)18-9-7-17(8-10-18)13-26-20-6-4-3-5-19(20)23-24-26/h3-10,15-16H,11-14H2,1-2H3/t15-,16-/m0/s1. The summed E-state index contributed by atoms with van der Waals surface area (Å²) < 4.78 is 12.7. The number of ether oxygens (including phenoxy) is 2. The lowest BCUT2D eigenvalue weighted by molar-refractivity contribution is -0.146. The molecule has 3 aromatic rings. The minimum Gasteiger partial charge on any atom is -0.452 e. The molecule has 0 aliphatic carbocycles. The number of hydrogen-bond donors (Lipinski definition) is 0. The maximum Gasteiger partial charge on any atom is 0.338 e. The van der Waals surface area contributed by atoms with Gasteiger partial charge in [-0.2, -0.15) is 0 Å². The van der Waals surface area contributed by atoms with Crippen molar-refractivity contribution in [2.45, 2.75) is 32.6 Å². The Morgan fingerprint density at radius 2 is 1.77 bits per heavy atom. The van der Waals surface area contributed by atoms with Gasteiger partial charge in [0.25, 0.3) is 5.91 Å². The van der Waals surface area contributed by atoms with Crippen molar-refractivity contribution in [2.75, 3.05) is 19.7 Å². The number of nitrogens with zero attached hydrogens (tertiary/aromatic N) is 4. The van der Waals surface area contributed by atoms with Gasteiger partial charge in [0, 0.05) is 13.1 Å². The van der Waals surface area contributed by atoms with E-state index >= 15 is 0 Å². The molecule has 0 saturated carbocycles. The second kappa shape index (κ2) is 8.62. The number of hydrogen-bond acceptors (Lipinski definition) is 6. The first-order chi connectivity index (χ1) is 14.5. The quantitative estimate of drug-likeness (QED) is 0.602. The summed E-state index contributed by atoms with van der Waals surface area (Å²) in [4.78, 5) is 26.3. The minimum absolute atomic E-state index is 0.0250. The van der Waals surface area contributed by atoms with Crippen LogP contribution in [0.25, 0.3) is 11.0 Å². The van der Waals surface area contributed by atoms with E-state index < -0.39 is 5.97 Å². The van der Waals surface area contributed by atoms with Crippen LogP contribution in [0.5, 0.6) is 0 Å². The second-order valence-electron chi connectivity index (χ2n) is 7.56. The Bertz CT molecular complexity index is 1040. The van der Waals surface area contributed by atoms with Crippen molar-refractivity contribution in [3.63, 3.8) is 0 Å². The number of carbonyl (C=O) groups excluding carboxylic acids is 2. The molecule has 156 valence electrons. The van der Waals surface area contributed by atoms with Crippen LogP contribution < -0.4 is 0 Å². The Morgan fingerprint density at radius 1 is 1.07 bits per heavy atom. The van der Waals surface area contributed by atoms with Crippen LogP contribution in [0.3, 0.4) is 0 Å². The molecule has 0 unspecified atom stereocenters. The Kier molecular flexibility index (Phi) is 5.76. The number of esters is 1. The summed E-state index contributed by atoms with van der Waals surface area (Å²) in [5, 5.41) is 8.32. The van der Waals surface area contributed by atoms with Crippen LogP contribution in [0.1, 0.15) is 29.8 Å². The summed E-state index contributed by atoms with van der Waals surface area (Å²) in [7, 11) is 0. The first-order valence-corrected chi connectivity index (χ1v) is 9.97. The van der Waals surface area contributed by atoms with Crippen molar-refractivity contribution in [1.82, 2.24) is 19.9 Å². The zero-order chi connectivity index (χ0) is 21.1. The van der Waals surface area contributed by atoms with Crippen LogP contribution in [-0.4, -0.2) is 63.7 Å². The lowest BCUT2D eigenvalue weighted by Crippen LogP contribution is -2.49. The number of carbonyl (C=O) groups is 2. The van der Waals surface area contributed by atoms with Gasteiger partial charge in [-0.25, -0.2) is 9.48 Å². The number of aromatic nitrogens is 3. The number of fused-ring (bicyclic) bond motifs is 1. The fourth-order valence-corrected chi connectivity index (χ4v) is 3.64. The molecule has 1 aliphatic heterocycles. The second-order valence-corrected chi connectivity index (χ2v) is 7.56. The van der Waals surface area contributed by atoms with E-state index in [2.05, 4.69) is 10.3 Å². The summed E-state index contributed by atoms with van der Waals surface area (Å²) in [5.74, 6) is -0.726. The van der Waals surface area contributed by atoms with Crippen LogP contribution in [0.4, 0.5) is 0 Å². The van der Waals surface area contributed by atoms with Crippen LogP contribution in [0.15, 0.2) is 48.5 Å². The number of para-hydroxylation sites is 1. The van der Waals surface area contributed by atoms with E-state index in [1.54, 1.807) is 17.0 Å². The van der Waals surface area contributed by atoms with Gasteiger partial charge in [0.05, 0.1) is 29.8 Å². The highest BCUT2D eigenvalue weighted by molar-refractivity contribution is 5.91. The molecule has 2 heterocycles. The van der Waals surface area contributed by atoms with Crippen molar-refractivity contribution in [1.29, 1.82) is 0 Å². The lowest BCUT2D eigenvalue weighted by atomic mass is 10.1. The van der Waals surface area contributed by atoms with Gasteiger partial charge < -0.3 is 14.4 Å². The Labute approximate surface area is 174 Å². The SMILES string of the molecule is C[C@H]1CN(C(=O)COC(=O)c2ccc(Cn3nnc4ccccc43)cc2)C[C@H](C)O1. The van der Waals surface area contributed by atoms with E-state index in [-0.39, 0.29) is 24.7 Å². The van der Waals surface area contributed by atoms with Gasteiger partial charge in [-0.1, -0.05) is 29.5 Å². The van der Waals surface area contributed by atoms with Crippen molar-refractivity contribution >= 4 is 22.9 Å². The highest BCUT2D eigenvalue weighted by Gasteiger charge is 2.26. The molecule has 0 N–H and O–H groups in total. The summed E-state index contributed by atoms with van der Waals surface area (Å²) in [6.45, 7) is 5.13. The highest BCUT2D eigenvalue weighted by atomic mass is 16.5. The van der Waals surface area contributed by atoms with Gasteiger partial charge in [0.15, 0.2) is 6.61 Å². The third-order valence-corrected chi connectivity index (χ3v) is 5.04. The predicted octanol–water partition coefficient (Wildman–Crippen LogP) is 2.27. The van der Waals surface area contributed by atoms with Crippen LogP contribution in [0.2, 0.25) is 0 Å². The maximum atomic E-state index is 12.3. The first-order valence-electron chi connectivity index (χ1n) is 9.97. The molecule has 8 nitrogen and oxygen atoms in total. The van der Waals surface area contributed by atoms with Gasteiger partial charge >= 0.3 is 5.97 Å². The van der Waals surface area contributed by atoms with Crippen LogP contribution in [-0.2, 0) is 20.8 Å². The Balaban J connectivity index is 1.33. The molecule has 0 radical (unpaired) electrons. The van der Waals surface area contributed by atoms with Gasteiger partial charge in [0.1, 0.15) is 5.52 Å². The van der Waals surface area contributed by atoms with Crippen LogP contribution in [0, 0.1) is 0 Å². The third-order valence-electron chi connectivity index (χ3n) is 5.04. The van der Waals surface area contributed by atoms with Gasteiger partial charge in [-0.05, 0) is 43.7 Å². The van der Waals surface area contributed by atoms with E-state index in [9.17, 15) is 9.59 Å². The molecule has 2 aromatic carbocycles. The van der Waals surface area contributed by atoms with E-state index in [1.165, 1.54) is 0 Å². The molecule has 0 spiro atoms. The Hall–Kier alpha value is -3.26. The lowest BCUT2D eigenvalue weighted by Gasteiger charge is -2.35. The minimum atomic E-state index is -0.518. The smallest absolute Gasteiger partial charge is 0.338 e. The predicted molar refractivity (Wildman–Crippen MR) is 110 cm³/mol. The monoisotopic (exact) mass is 408 g/mol. The van der Waals surface area contributed by atoms with Crippen molar-refractivity contribution < 1.29 is 19.1 Å². The number of benzene rings is 2. The summed E-state index contributed by atoms with van der Waals surface area (Å²) in [5.41, 5.74) is 3.17. The first kappa shape index (κ1) is 20.0. The topological polar surface area (TPSA) is 86.6 Å². The largest absolute Gasteiger partial charge is 0.452 e. The van der Waals surface area contributed by atoms with Gasteiger partial charge in [-0.3, -0.25) is 4.79 Å². The molecule has 1 saturated heterocycles. The average Bonchev–Trinajstić information content (AvgIpc) is 3.14. The molecule has 1 fully saturated rings. The molecule has 2 atom stereocenters. The average molecular weight is 408 g/mol. The summed E-state index contributed by atoms with van der Waals surface area (Å²) in [6, 6.07) is 14.8. The molecular formula is C22H24N4O4. The molecule has 0 bridgehead atoms. The van der Waals surface area contributed by atoms with Crippen molar-refractivity contribution in [2.24, 2.45) is 0 Å². The van der Waals surface area contributed by atoms with Crippen molar-refractivity contribution in [3.8, 4) is 0 Å². The number of amides is 1. The van der Waals surface area contributed by atoms with Gasteiger partial charge in [-0.15, -0.1) is 5.10 Å². The zero-order valence-corrected chi connectivity index (χ0v) is 17.0. The fourth-order valence-electron chi connectivity index (χ4n) is 3.64. The van der Waals surface area contributed by atoms with E-state index in [1.807, 2.05) is 54.9 Å². The zero-order valence-electron chi connectivity index (χ0n) is 17.0. The van der Waals surface area contributed by atoms with Crippen LogP contribution >= 0.6 is 0 Å². The molecule has 1 aliphatic rings. The Morgan fingerprint density at radius 3 is 2.50 bits per heavy atom. The van der Waals surface area contributed by atoms with Gasteiger partial charge in [0.2, 0.25) is 0 Å².